The molecule has 2 N–H and O–H groups in total. The van der Waals surface area contributed by atoms with Crippen molar-refractivity contribution in [2.45, 2.75) is 32.8 Å². The largest absolute Gasteiger partial charge is 0.389 e. The van der Waals surface area contributed by atoms with Crippen LogP contribution in [0, 0.1) is 0 Å². The Balaban J connectivity index is 2.46. The summed E-state index contributed by atoms with van der Waals surface area (Å²) in [6.07, 6.45) is 0.989. The molecule has 0 heterocycles. The zero-order chi connectivity index (χ0) is 14.5. The Hall–Kier alpha value is -1.39. The Morgan fingerprint density at radius 2 is 1.89 bits per heavy atom. The third-order valence-electron chi connectivity index (χ3n) is 2.72. The van der Waals surface area contributed by atoms with Crippen molar-refractivity contribution in [1.82, 2.24) is 4.90 Å². The quantitative estimate of drug-likeness (QED) is 0.825. The monoisotopic (exact) mass is 264 g/mol. The first kappa shape index (κ1) is 15.7. The lowest BCUT2D eigenvalue weighted by Gasteiger charge is -2.24. The molecule has 0 atom stereocenters. The van der Waals surface area contributed by atoms with Gasteiger partial charge in [0, 0.05) is 12.2 Å². The Bertz CT molecular complexity index is 407. The van der Waals surface area contributed by atoms with Gasteiger partial charge in [-0.2, -0.15) is 0 Å². The summed E-state index contributed by atoms with van der Waals surface area (Å²) in [4.78, 5) is 13.6. The molecule has 0 spiro atoms. The third-order valence-corrected chi connectivity index (χ3v) is 2.72. The molecule has 0 bridgehead atoms. The minimum atomic E-state index is -0.794. The molecule has 0 saturated carbocycles. The number of hydrogen-bond acceptors (Lipinski definition) is 3. The molecule has 1 aromatic rings. The second-order valence-electron chi connectivity index (χ2n) is 5.58. The molecule has 0 radical (unpaired) electrons. The first-order chi connectivity index (χ1) is 8.80. The number of amides is 1. The molecule has 0 saturated heterocycles. The lowest BCUT2D eigenvalue weighted by molar-refractivity contribution is -0.117. The fourth-order valence-corrected chi connectivity index (χ4v) is 1.99. The molecule has 0 aliphatic rings. The molecule has 4 nitrogen and oxygen atoms in total. The van der Waals surface area contributed by atoms with Gasteiger partial charge in [0.15, 0.2) is 0 Å². The second kappa shape index (κ2) is 6.68. The summed E-state index contributed by atoms with van der Waals surface area (Å²) in [5.41, 5.74) is 1.26. The smallest absolute Gasteiger partial charge is 0.238 e. The summed E-state index contributed by atoms with van der Waals surface area (Å²) < 4.78 is 0. The molecule has 0 aliphatic heterocycles. The zero-order valence-electron chi connectivity index (χ0n) is 12.2. The maximum atomic E-state index is 11.8. The molecule has 1 rings (SSSR count). The molecule has 4 heteroatoms. The standard InChI is InChI=1S/C15H24N2O2/c1-5-12-6-8-13(9-7-12)16-14(18)10-17(4)11-15(2,3)19/h6-9,19H,5,10-11H2,1-4H3,(H,16,18). The van der Waals surface area contributed by atoms with Crippen LogP contribution in [0.5, 0.6) is 0 Å². The summed E-state index contributed by atoms with van der Waals surface area (Å²) in [6, 6.07) is 7.84. The number of benzene rings is 1. The van der Waals surface area contributed by atoms with Gasteiger partial charge in [0.25, 0.3) is 0 Å². The van der Waals surface area contributed by atoms with E-state index < -0.39 is 5.60 Å². The van der Waals surface area contributed by atoms with E-state index in [1.807, 2.05) is 31.3 Å². The van der Waals surface area contributed by atoms with Crippen molar-refractivity contribution in [2.24, 2.45) is 0 Å². The zero-order valence-corrected chi connectivity index (χ0v) is 12.2. The average Bonchev–Trinajstić information content (AvgIpc) is 2.27. The highest BCUT2D eigenvalue weighted by Gasteiger charge is 2.17. The van der Waals surface area contributed by atoms with E-state index in [1.165, 1.54) is 5.56 Å². The average molecular weight is 264 g/mol. The van der Waals surface area contributed by atoms with Gasteiger partial charge in [-0.15, -0.1) is 0 Å². The predicted molar refractivity (Wildman–Crippen MR) is 78.2 cm³/mol. The van der Waals surface area contributed by atoms with Crippen LogP contribution in [-0.2, 0) is 11.2 Å². The first-order valence-electron chi connectivity index (χ1n) is 6.60. The summed E-state index contributed by atoms with van der Waals surface area (Å²) in [6.45, 7) is 6.27. The van der Waals surface area contributed by atoms with Gasteiger partial charge in [-0.25, -0.2) is 0 Å². The van der Waals surface area contributed by atoms with E-state index >= 15 is 0 Å². The van der Waals surface area contributed by atoms with Gasteiger partial charge in [-0.3, -0.25) is 9.69 Å². The highest BCUT2D eigenvalue weighted by atomic mass is 16.3. The molecule has 1 aromatic carbocycles. The van der Waals surface area contributed by atoms with E-state index in [1.54, 1.807) is 18.7 Å². The lowest BCUT2D eigenvalue weighted by atomic mass is 10.1. The van der Waals surface area contributed by atoms with Crippen LogP contribution in [0.4, 0.5) is 5.69 Å². The van der Waals surface area contributed by atoms with Crippen molar-refractivity contribution in [2.75, 3.05) is 25.5 Å². The third kappa shape index (κ3) is 6.36. The number of carbonyl (C=O) groups is 1. The maximum Gasteiger partial charge on any atom is 0.238 e. The number of rotatable bonds is 6. The van der Waals surface area contributed by atoms with Crippen molar-refractivity contribution >= 4 is 11.6 Å². The van der Waals surface area contributed by atoms with E-state index in [0.717, 1.165) is 12.1 Å². The molecule has 0 fully saturated rings. The SMILES string of the molecule is CCc1ccc(NC(=O)CN(C)CC(C)(C)O)cc1. The van der Waals surface area contributed by atoms with Gasteiger partial charge in [0.2, 0.25) is 5.91 Å². The minimum absolute atomic E-state index is 0.0731. The number of likely N-dealkylation sites (N-methyl/N-ethyl adjacent to an activating group) is 1. The molecule has 106 valence electrons. The number of carbonyl (C=O) groups excluding carboxylic acids is 1. The van der Waals surface area contributed by atoms with Crippen LogP contribution >= 0.6 is 0 Å². The van der Waals surface area contributed by atoms with Crippen molar-refractivity contribution < 1.29 is 9.90 Å². The van der Waals surface area contributed by atoms with Crippen LogP contribution in [0.2, 0.25) is 0 Å². The van der Waals surface area contributed by atoms with Crippen LogP contribution in [0.25, 0.3) is 0 Å². The predicted octanol–water partition coefficient (Wildman–Crippen LogP) is 1.89. The number of anilines is 1. The van der Waals surface area contributed by atoms with E-state index in [0.29, 0.717) is 6.54 Å². The second-order valence-corrected chi connectivity index (χ2v) is 5.58. The van der Waals surface area contributed by atoms with E-state index in [-0.39, 0.29) is 12.5 Å². The number of nitrogens with zero attached hydrogens (tertiary/aromatic N) is 1. The van der Waals surface area contributed by atoms with Gasteiger partial charge in [-0.1, -0.05) is 19.1 Å². The number of nitrogens with one attached hydrogen (secondary N) is 1. The van der Waals surface area contributed by atoms with E-state index in [9.17, 15) is 9.90 Å². The molecule has 19 heavy (non-hydrogen) atoms. The molecule has 0 unspecified atom stereocenters. The summed E-state index contributed by atoms with van der Waals surface area (Å²) >= 11 is 0. The van der Waals surface area contributed by atoms with Crippen LogP contribution < -0.4 is 5.32 Å². The van der Waals surface area contributed by atoms with Crippen LogP contribution in [0.3, 0.4) is 0 Å². The molecule has 0 aliphatic carbocycles. The van der Waals surface area contributed by atoms with E-state index in [2.05, 4.69) is 12.2 Å². The minimum Gasteiger partial charge on any atom is -0.389 e. The number of aliphatic hydroxyl groups is 1. The Morgan fingerprint density at radius 1 is 1.32 bits per heavy atom. The van der Waals surface area contributed by atoms with Crippen molar-refractivity contribution in [3.63, 3.8) is 0 Å². The summed E-state index contributed by atoms with van der Waals surface area (Å²) in [5.74, 6) is -0.0731. The molecular weight excluding hydrogens is 240 g/mol. The van der Waals surface area contributed by atoms with Gasteiger partial charge < -0.3 is 10.4 Å². The van der Waals surface area contributed by atoms with Gasteiger partial charge >= 0.3 is 0 Å². The van der Waals surface area contributed by atoms with Gasteiger partial charge in [0.1, 0.15) is 0 Å². The van der Waals surface area contributed by atoms with Crippen molar-refractivity contribution in [3.8, 4) is 0 Å². The van der Waals surface area contributed by atoms with Crippen LogP contribution in [-0.4, -0.2) is 41.7 Å². The number of hydrogen-bond donors (Lipinski definition) is 2. The normalized spacial score (nSPS) is 11.7. The molecule has 1 amide bonds. The van der Waals surface area contributed by atoms with Crippen molar-refractivity contribution in [1.29, 1.82) is 0 Å². The highest BCUT2D eigenvalue weighted by molar-refractivity contribution is 5.92. The topological polar surface area (TPSA) is 52.6 Å². The summed E-state index contributed by atoms with van der Waals surface area (Å²) in [5, 5.41) is 12.5. The lowest BCUT2D eigenvalue weighted by Crippen LogP contribution is -2.40. The van der Waals surface area contributed by atoms with Crippen molar-refractivity contribution in [3.05, 3.63) is 29.8 Å². The van der Waals surface area contributed by atoms with Crippen LogP contribution in [0.1, 0.15) is 26.3 Å². The Morgan fingerprint density at radius 3 is 2.37 bits per heavy atom. The fourth-order valence-electron chi connectivity index (χ4n) is 1.99. The highest BCUT2D eigenvalue weighted by Crippen LogP contribution is 2.10. The number of aryl methyl sites for hydroxylation is 1. The molecular formula is C15H24N2O2. The first-order valence-corrected chi connectivity index (χ1v) is 6.60. The van der Waals surface area contributed by atoms with Gasteiger partial charge in [0.05, 0.1) is 12.1 Å². The Kier molecular flexibility index (Phi) is 5.51. The Labute approximate surface area is 115 Å². The van der Waals surface area contributed by atoms with E-state index in [4.69, 9.17) is 0 Å². The van der Waals surface area contributed by atoms with Gasteiger partial charge in [-0.05, 0) is 45.0 Å². The fraction of sp³-hybridized carbons (Fsp3) is 0.533. The molecule has 0 aromatic heterocycles. The van der Waals surface area contributed by atoms with Crippen LogP contribution in [0.15, 0.2) is 24.3 Å². The maximum absolute atomic E-state index is 11.8. The summed E-state index contributed by atoms with van der Waals surface area (Å²) in [7, 11) is 1.82.